The van der Waals surface area contributed by atoms with E-state index < -0.39 is 12.1 Å². The number of para-hydroxylation sites is 1. The van der Waals surface area contributed by atoms with Crippen LogP contribution in [0.1, 0.15) is 30.5 Å². The van der Waals surface area contributed by atoms with Crippen molar-refractivity contribution in [1.29, 1.82) is 0 Å². The fourth-order valence-electron chi connectivity index (χ4n) is 1.68. The van der Waals surface area contributed by atoms with E-state index in [1.54, 1.807) is 6.07 Å². The molecule has 0 spiro atoms. The van der Waals surface area contributed by atoms with Gasteiger partial charge in [-0.3, -0.25) is 0 Å². The number of hydrogen-bond acceptors (Lipinski definition) is 2. The largest absolute Gasteiger partial charge is 0.485 e. The second-order valence-corrected chi connectivity index (χ2v) is 3.99. The Labute approximate surface area is 115 Å². The number of aryl methyl sites for hydroxylation is 1. The first-order valence-electron chi connectivity index (χ1n) is 8.37. The Bertz CT molecular complexity index is 691. The van der Waals surface area contributed by atoms with Crippen LogP contribution in [0.3, 0.4) is 0 Å². The molecule has 0 aliphatic carbocycles. The van der Waals surface area contributed by atoms with E-state index in [4.69, 9.17) is 17.3 Å². The first kappa shape index (κ1) is 7.59. The minimum Gasteiger partial charge on any atom is -0.485 e. The maximum Gasteiger partial charge on any atom is 0.125 e. The summed E-state index contributed by atoms with van der Waals surface area (Å²) >= 11 is 0. The van der Waals surface area contributed by atoms with Gasteiger partial charge in [-0.25, -0.2) is 0 Å². The third kappa shape index (κ3) is 3.11. The van der Waals surface area contributed by atoms with Crippen molar-refractivity contribution in [1.82, 2.24) is 0 Å². The average Bonchev–Trinajstić information content (AvgIpc) is 2.53. The van der Waals surface area contributed by atoms with E-state index in [0.717, 1.165) is 5.56 Å². The summed E-state index contributed by atoms with van der Waals surface area (Å²) in [6.45, 7) is 2.16. The molecule has 0 saturated carbocycles. The van der Waals surface area contributed by atoms with Crippen molar-refractivity contribution in [2.45, 2.75) is 19.4 Å². The second-order valence-electron chi connectivity index (χ2n) is 3.99. The van der Waals surface area contributed by atoms with Crippen molar-refractivity contribution < 1.29 is 11.6 Å². The molecule has 1 atom stereocenters. The minimum atomic E-state index is -0.699. The summed E-state index contributed by atoms with van der Waals surface area (Å²) in [6, 6.07) is 5.74. The molecule has 0 aliphatic rings. The fraction of sp³-hybridized carbons (Fsp3) is 0.250. The molecule has 0 aromatic heterocycles. The Hall–Kier alpha value is -1.80. The summed E-state index contributed by atoms with van der Waals surface area (Å²) in [7, 11) is 0. The molecule has 18 heavy (non-hydrogen) atoms. The molecule has 2 rings (SSSR count). The Balaban J connectivity index is 2.53. The van der Waals surface area contributed by atoms with Gasteiger partial charge in [-0.15, -0.1) is 0 Å². The van der Waals surface area contributed by atoms with Crippen molar-refractivity contribution in [3.8, 4) is 5.75 Å². The number of ether oxygens (including phenoxy) is 1. The van der Waals surface area contributed by atoms with Gasteiger partial charge in [0.05, 0.1) is 6.85 Å². The van der Waals surface area contributed by atoms with Crippen molar-refractivity contribution >= 4 is 0 Å². The molecule has 0 fully saturated rings. The van der Waals surface area contributed by atoms with Gasteiger partial charge in [0.25, 0.3) is 0 Å². The summed E-state index contributed by atoms with van der Waals surface area (Å²) in [6.07, 6.45) is -0.350. The highest BCUT2D eigenvalue weighted by Gasteiger charge is 2.13. The second kappa shape index (κ2) is 6.22. The van der Waals surface area contributed by atoms with Crippen molar-refractivity contribution in [2.24, 2.45) is 5.73 Å². The monoisotopic (exact) mass is 246 g/mol. The van der Waals surface area contributed by atoms with Crippen LogP contribution in [0.2, 0.25) is 0 Å². The quantitative estimate of drug-likeness (QED) is 0.876. The minimum absolute atomic E-state index is 0.143. The Morgan fingerprint density at radius 3 is 2.61 bits per heavy atom. The highest BCUT2D eigenvalue weighted by Crippen LogP contribution is 2.26. The molecule has 0 bridgehead atoms. The van der Waals surface area contributed by atoms with Crippen LogP contribution < -0.4 is 10.5 Å². The zero-order chi connectivity index (χ0) is 17.1. The predicted molar refractivity (Wildman–Crippen MR) is 74.7 cm³/mol. The topological polar surface area (TPSA) is 35.2 Å². The van der Waals surface area contributed by atoms with E-state index in [9.17, 15) is 0 Å². The third-order valence-corrected chi connectivity index (χ3v) is 2.63. The SMILES string of the molecule is [2H]c1c([2H])c([2H])c(C(CCN)Oc2ccccc2C)c([2H])c1[2H]. The summed E-state index contributed by atoms with van der Waals surface area (Å²) in [4.78, 5) is 0. The highest BCUT2D eigenvalue weighted by atomic mass is 16.5. The zero-order valence-corrected chi connectivity index (χ0v) is 10.3. The molecule has 2 aromatic carbocycles. The van der Waals surface area contributed by atoms with E-state index in [-0.39, 0.29) is 36.3 Å². The van der Waals surface area contributed by atoms with Crippen molar-refractivity contribution in [2.75, 3.05) is 6.54 Å². The Morgan fingerprint density at radius 2 is 1.94 bits per heavy atom. The molecular formula is C16H19NO. The van der Waals surface area contributed by atoms with Crippen LogP contribution >= 0.6 is 0 Å². The lowest BCUT2D eigenvalue weighted by Gasteiger charge is -2.20. The lowest BCUT2D eigenvalue weighted by atomic mass is 10.1. The highest BCUT2D eigenvalue weighted by molar-refractivity contribution is 5.32. The van der Waals surface area contributed by atoms with Gasteiger partial charge in [0, 0.05) is 6.42 Å². The molecule has 0 heterocycles. The van der Waals surface area contributed by atoms with E-state index in [1.807, 2.05) is 25.1 Å². The van der Waals surface area contributed by atoms with Crippen LogP contribution in [0.25, 0.3) is 0 Å². The first-order valence-corrected chi connectivity index (χ1v) is 5.87. The van der Waals surface area contributed by atoms with Crippen LogP contribution in [0.5, 0.6) is 5.75 Å². The fourth-order valence-corrected chi connectivity index (χ4v) is 1.68. The zero-order valence-electron chi connectivity index (χ0n) is 15.3. The van der Waals surface area contributed by atoms with Crippen molar-refractivity contribution in [3.05, 3.63) is 65.6 Å². The van der Waals surface area contributed by atoms with E-state index >= 15 is 0 Å². The lowest BCUT2D eigenvalue weighted by Crippen LogP contribution is -2.13. The molecule has 0 saturated heterocycles. The maximum atomic E-state index is 8.07. The van der Waals surface area contributed by atoms with Gasteiger partial charge >= 0.3 is 0 Å². The molecule has 2 heteroatoms. The molecule has 2 nitrogen and oxygen atoms in total. The Kier molecular flexibility index (Phi) is 2.62. The van der Waals surface area contributed by atoms with Crippen LogP contribution in [0.15, 0.2) is 54.5 Å². The molecule has 1 unspecified atom stereocenters. The molecule has 2 N–H and O–H groups in total. The van der Waals surface area contributed by atoms with Gasteiger partial charge in [-0.2, -0.15) is 0 Å². The molecule has 2 aromatic rings. The number of rotatable bonds is 5. The third-order valence-electron chi connectivity index (χ3n) is 2.63. The average molecular weight is 246 g/mol. The Morgan fingerprint density at radius 1 is 1.22 bits per heavy atom. The number of hydrogen-bond donors (Lipinski definition) is 1. The summed E-state index contributed by atoms with van der Waals surface area (Å²) < 4.78 is 45.3. The summed E-state index contributed by atoms with van der Waals surface area (Å²) in [5, 5.41) is 0. The molecule has 0 aliphatic heterocycles. The van der Waals surface area contributed by atoms with Crippen LogP contribution in [-0.4, -0.2) is 6.54 Å². The van der Waals surface area contributed by atoms with Crippen LogP contribution in [0.4, 0.5) is 0 Å². The molecular weight excluding hydrogens is 222 g/mol. The maximum absolute atomic E-state index is 8.07. The normalized spacial score (nSPS) is 16.0. The van der Waals surface area contributed by atoms with E-state index in [2.05, 4.69) is 0 Å². The van der Waals surface area contributed by atoms with Gasteiger partial charge < -0.3 is 10.5 Å². The summed E-state index contributed by atoms with van der Waals surface area (Å²) in [5.41, 5.74) is 6.68. The van der Waals surface area contributed by atoms with Crippen LogP contribution in [-0.2, 0) is 0 Å². The first-order chi connectivity index (χ1) is 10.9. The lowest BCUT2D eigenvalue weighted by molar-refractivity contribution is 0.196. The van der Waals surface area contributed by atoms with Crippen LogP contribution in [0, 0.1) is 6.92 Å². The van der Waals surface area contributed by atoms with Gasteiger partial charge in [-0.05, 0) is 30.7 Å². The number of nitrogens with two attached hydrogens (primary N) is 1. The molecule has 0 amide bonds. The molecule has 94 valence electrons. The number of benzene rings is 2. The van der Waals surface area contributed by atoms with Gasteiger partial charge in [0.2, 0.25) is 0 Å². The van der Waals surface area contributed by atoms with Crippen molar-refractivity contribution in [3.63, 3.8) is 0 Å². The smallest absolute Gasteiger partial charge is 0.125 e. The molecule has 0 radical (unpaired) electrons. The van der Waals surface area contributed by atoms with Gasteiger partial charge in [0.15, 0.2) is 0 Å². The standard InChI is InChI=1S/C16H19NO/c1-13-7-5-6-10-15(13)18-16(11-12-17)14-8-3-2-4-9-14/h2-10,16H,11-12,17H2,1H3/i2D,3D,4D,8D,9D. The van der Waals surface area contributed by atoms with Gasteiger partial charge in [-0.1, -0.05) is 48.4 Å². The van der Waals surface area contributed by atoms with E-state index in [1.165, 1.54) is 0 Å². The summed E-state index contributed by atoms with van der Waals surface area (Å²) in [5.74, 6) is 0.609. The van der Waals surface area contributed by atoms with E-state index in [0.29, 0.717) is 12.2 Å². The predicted octanol–water partition coefficient (Wildman–Crippen LogP) is 3.46. The van der Waals surface area contributed by atoms with Gasteiger partial charge in [0.1, 0.15) is 11.9 Å².